The lowest BCUT2D eigenvalue weighted by Crippen LogP contribution is -2.28. The zero-order chi connectivity index (χ0) is 15.6. The summed E-state index contributed by atoms with van der Waals surface area (Å²) < 4.78 is 15.4. The number of aryl methyl sites for hydroxylation is 3. The smallest absolute Gasteiger partial charge is 0.123 e. The molecular weight excluding hydrogens is 267 g/mol. The van der Waals surface area contributed by atoms with Crippen molar-refractivity contribution in [2.24, 2.45) is 12.9 Å². The molecule has 0 aliphatic rings. The Labute approximate surface area is 125 Å². The molecule has 0 bridgehead atoms. The van der Waals surface area contributed by atoms with E-state index in [0.717, 1.165) is 29.7 Å². The van der Waals surface area contributed by atoms with E-state index in [2.05, 4.69) is 17.4 Å². The molecule has 0 saturated carbocycles. The highest BCUT2D eigenvalue weighted by Crippen LogP contribution is 2.23. The molecule has 0 aliphatic carbocycles. The predicted octanol–water partition coefficient (Wildman–Crippen LogP) is 2.62. The Bertz CT molecular complexity index is 613. The lowest BCUT2D eigenvalue weighted by Gasteiger charge is -2.17. The van der Waals surface area contributed by atoms with Crippen LogP contribution in [0.5, 0.6) is 0 Å². The van der Waals surface area contributed by atoms with E-state index < -0.39 is 0 Å². The van der Waals surface area contributed by atoms with E-state index in [9.17, 15) is 4.39 Å². The Hall–Kier alpha value is -1.72. The van der Waals surface area contributed by atoms with Gasteiger partial charge in [-0.3, -0.25) is 16.0 Å². The monoisotopic (exact) mass is 290 g/mol. The number of hydrogen-bond acceptors (Lipinski definition) is 3. The molecule has 0 spiro atoms. The van der Waals surface area contributed by atoms with Crippen LogP contribution in [0.15, 0.2) is 18.2 Å². The molecular formula is C16H23FN4. The van der Waals surface area contributed by atoms with E-state index in [0.29, 0.717) is 0 Å². The number of halogens is 1. The molecule has 0 fully saturated rings. The highest BCUT2D eigenvalue weighted by Gasteiger charge is 2.15. The van der Waals surface area contributed by atoms with Gasteiger partial charge in [-0.1, -0.05) is 6.07 Å². The summed E-state index contributed by atoms with van der Waals surface area (Å²) in [6.45, 7) is 5.96. The summed E-state index contributed by atoms with van der Waals surface area (Å²) >= 11 is 0. The van der Waals surface area contributed by atoms with Crippen molar-refractivity contribution in [1.82, 2.24) is 15.2 Å². The van der Waals surface area contributed by atoms with Crippen LogP contribution < -0.4 is 11.3 Å². The van der Waals surface area contributed by atoms with Gasteiger partial charge in [-0.2, -0.15) is 5.10 Å². The van der Waals surface area contributed by atoms with Crippen LogP contribution in [-0.2, 0) is 13.5 Å². The largest absolute Gasteiger partial charge is 0.272 e. The molecule has 0 amide bonds. The van der Waals surface area contributed by atoms with Gasteiger partial charge in [0.25, 0.3) is 0 Å². The molecule has 1 heterocycles. The summed E-state index contributed by atoms with van der Waals surface area (Å²) in [7, 11) is 1.94. The molecule has 2 aromatic rings. The van der Waals surface area contributed by atoms with Gasteiger partial charge in [0.15, 0.2) is 0 Å². The highest BCUT2D eigenvalue weighted by molar-refractivity contribution is 5.28. The summed E-state index contributed by atoms with van der Waals surface area (Å²) in [5.74, 6) is 5.43. The Morgan fingerprint density at radius 2 is 2.00 bits per heavy atom. The molecule has 1 aromatic carbocycles. The lowest BCUT2D eigenvalue weighted by molar-refractivity contribution is 0.510. The standard InChI is InChI=1S/C16H23FN4/c1-10-7-13(9-14(17)8-10)16(19-18)6-5-15-11(2)20-21(4)12(15)3/h7-9,16,19H,5-6,18H2,1-4H3. The summed E-state index contributed by atoms with van der Waals surface area (Å²) in [6, 6.07) is 4.96. The first kappa shape index (κ1) is 15.7. The molecule has 0 radical (unpaired) electrons. The van der Waals surface area contributed by atoms with Crippen LogP contribution in [0, 0.1) is 26.6 Å². The van der Waals surface area contributed by atoms with E-state index in [1.165, 1.54) is 17.3 Å². The number of nitrogens with two attached hydrogens (primary N) is 1. The molecule has 0 aliphatic heterocycles. The second kappa shape index (κ2) is 6.37. The molecule has 0 saturated heterocycles. The minimum Gasteiger partial charge on any atom is -0.272 e. The summed E-state index contributed by atoms with van der Waals surface area (Å²) in [6.07, 6.45) is 1.66. The first-order valence-electron chi connectivity index (χ1n) is 7.14. The fourth-order valence-corrected chi connectivity index (χ4v) is 2.78. The van der Waals surface area contributed by atoms with Gasteiger partial charge in [0.05, 0.1) is 5.69 Å². The number of benzene rings is 1. The van der Waals surface area contributed by atoms with Crippen molar-refractivity contribution < 1.29 is 4.39 Å². The zero-order valence-corrected chi connectivity index (χ0v) is 13.1. The molecule has 114 valence electrons. The average molecular weight is 290 g/mol. The predicted molar refractivity (Wildman–Crippen MR) is 82.2 cm³/mol. The van der Waals surface area contributed by atoms with Gasteiger partial charge < -0.3 is 0 Å². The van der Waals surface area contributed by atoms with Gasteiger partial charge in [0.1, 0.15) is 5.82 Å². The minimum atomic E-state index is -0.223. The van der Waals surface area contributed by atoms with Gasteiger partial charge >= 0.3 is 0 Å². The highest BCUT2D eigenvalue weighted by atomic mass is 19.1. The van der Waals surface area contributed by atoms with Crippen LogP contribution in [0.4, 0.5) is 4.39 Å². The van der Waals surface area contributed by atoms with Crippen molar-refractivity contribution in [2.45, 2.75) is 39.7 Å². The fourth-order valence-electron chi connectivity index (χ4n) is 2.78. The minimum absolute atomic E-state index is 0.0709. The molecule has 3 N–H and O–H groups in total. The summed E-state index contributed by atoms with van der Waals surface area (Å²) in [5, 5.41) is 4.42. The van der Waals surface area contributed by atoms with Gasteiger partial charge in [-0.25, -0.2) is 4.39 Å². The number of hydrogen-bond donors (Lipinski definition) is 2. The third kappa shape index (κ3) is 3.49. The van der Waals surface area contributed by atoms with Crippen molar-refractivity contribution in [1.29, 1.82) is 0 Å². The van der Waals surface area contributed by atoms with Gasteiger partial charge in [0, 0.05) is 18.8 Å². The third-order valence-electron chi connectivity index (χ3n) is 4.01. The number of aromatic nitrogens is 2. The molecule has 4 nitrogen and oxygen atoms in total. The van der Waals surface area contributed by atoms with Crippen LogP contribution in [-0.4, -0.2) is 9.78 Å². The van der Waals surface area contributed by atoms with Crippen LogP contribution in [0.2, 0.25) is 0 Å². The molecule has 1 atom stereocenters. The first-order chi connectivity index (χ1) is 9.92. The van der Waals surface area contributed by atoms with E-state index in [1.807, 2.05) is 31.6 Å². The normalized spacial score (nSPS) is 12.7. The molecule has 1 unspecified atom stereocenters. The van der Waals surface area contributed by atoms with Gasteiger partial charge in [-0.15, -0.1) is 0 Å². The lowest BCUT2D eigenvalue weighted by atomic mass is 9.97. The number of nitrogens with zero attached hydrogens (tertiary/aromatic N) is 2. The Morgan fingerprint density at radius 1 is 1.29 bits per heavy atom. The van der Waals surface area contributed by atoms with Crippen molar-refractivity contribution in [2.75, 3.05) is 0 Å². The van der Waals surface area contributed by atoms with Crippen molar-refractivity contribution in [3.63, 3.8) is 0 Å². The van der Waals surface area contributed by atoms with Crippen LogP contribution in [0.25, 0.3) is 0 Å². The third-order valence-corrected chi connectivity index (χ3v) is 4.01. The number of rotatable bonds is 5. The van der Waals surface area contributed by atoms with Crippen molar-refractivity contribution >= 4 is 0 Å². The van der Waals surface area contributed by atoms with Gasteiger partial charge in [0.2, 0.25) is 0 Å². The topological polar surface area (TPSA) is 55.9 Å². The van der Waals surface area contributed by atoms with Crippen molar-refractivity contribution in [3.05, 3.63) is 52.1 Å². The first-order valence-corrected chi connectivity index (χ1v) is 7.14. The van der Waals surface area contributed by atoms with Crippen LogP contribution in [0.1, 0.15) is 40.5 Å². The van der Waals surface area contributed by atoms with Gasteiger partial charge in [-0.05, 0) is 62.4 Å². The number of nitrogens with one attached hydrogen (secondary N) is 1. The van der Waals surface area contributed by atoms with Crippen LogP contribution in [0.3, 0.4) is 0 Å². The van der Waals surface area contributed by atoms with E-state index >= 15 is 0 Å². The Morgan fingerprint density at radius 3 is 2.52 bits per heavy atom. The maximum atomic E-state index is 13.5. The Kier molecular flexibility index (Phi) is 4.75. The van der Waals surface area contributed by atoms with E-state index in [4.69, 9.17) is 5.84 Å². The molecule has 2 rings (SSSR count). The van der Waals surface area contributed by atoms with Crippen molar-refractivity contribution in [3.8, 4) is 0 Å². The fraction of sp³-hybridized carbons (Fsp3) is 0.438. The maximum absolute atomic E-state index is 13.5. The average Bonchev–Trinajstić information content (AvgIpc) is 2.64. The maximum Gasteiger partial charge on any atom is 0.123 e. The second-order valence-electron chi connectivity index (χ2n) is 5.59. The second-order valence-corrected chi connectivity index (χ2v) is 5.59. The molecule has 5 heteroatoms. The SMILES string of the molecule is Cc1cc(F)cc(C(CCc2c(C)nn(C)c2C)NN)c1. The zero-order valence-electron chi connectivity index (χ0n) is 13.1. The molecule has 1 aromatic heterocycles. The summed E-state index contributed by atoms with van der Waals surface area (Å²) in [5.41, 5.74) is 8.03. The quantitative estimate of drug-likeness (QED) is 0.657. The number of hydrazine groups is 1. The van der Waals surface area contributed by atoms with E-state index in [-0.39, 0.29) is 11.9 Å². The summed E-state index contributed by atoms with van der Waals surface area (Å²) in [4.78, 5) is 0. The van der Waals surface area contributed by atoms with E-state index in [1.54, 1.807) is 6.07 Å². The molecule has 21 heavy (non-hydrogen) atoms. The Balaban J connectivity index is 2.16. The van der Waals surface area contributed by atoms with Crippen LogP contribution >= 0.6 is 0 Å².